The van der Waals surface area contributed by atoms with Gasteiger partial charge in [0.25, 0.3) is 21.6 Å². The number of nitro groups is 1. The fourth-order valence-corrected chi connectivity index (χ4v) is 3.45. The molecule has 1 N–H and O–H groups in total. The molecule has 0 radical (unpaired) electrons. The summed E-state index contributed by atoms with van der Waals surface area (Å²) >= 11 is 0. The molecule has 0 spiro atoms. The predicted molar refractivity (Wildman–Crippen MR) is 63.6 cm³/mol. The smallest absolute Gasteiger partial charge is 0.305 e. The average Bonchev–Trinajstić information content (AvgIpc) is 2.55. The molecule has 0 atom stereocenters. The highest BCUT2D eigenvalue weighted by atomic mass is 32.2. The second-order valence-corrected chi connectivity index (χ2v) is 5.76. The minimum atomic E-state index is -4.23. The number of fused-ring (bicyclic) bond motifs is 1. The van der Waals surface area contributed by atoms with Gasteiger partial charge in [-0.3, -0.25) is 19.7 Å². The maximum atomic E-state index is 12.1. The second-order valence-electron chi connectivity index (χ2n) is 3.93. The number of carbonyl (C=O) groups excluding carboxylic acids is 1. The zero-order valence-corrected chi connectivity index (χ0v) is 10.7. The lowest BCUT2D eigenvalue weighted by atomic mass is 10.1. The predicted octanol–water partition coefficient (Wildman–Crippen LogP) is 0.214. The molecule has 1 aromatic rings. The maximum absolute atomic E-state index is 12.1. The fourth-order valence-electron chi connectivity index (χ4n) is 1.87. The molecule has 9 nitrogen and oxygen atoms in total. The van der Waals surface area contributed by atoms with E-state index >= 15 is 0 Å². The summed E-state index contributed by atoms with van der Waals surface area (Å²) in [4.78, 5) is 32.0. The molecule has 106 valence electrons. The normalized spacial score (nSPS) is 16.0. The highest BCUT2D eigenvalue weighted by Gasteiger charge is 2.45. The molecular weight excluding hydrogens is 292 g/mol. The van der Waals surface area contributed by atoms with E-state index in [9.17, 15) is 28.1 Å². The Morgan fingerprint density at radius 3 is 2.60 bits per heavy atom. The topological polar surface area (TPSA) is 135 Å². The van der Waals surface area contributed by atoms with Crippen LogP contribution in [0.5, 0.6) is 0 Å². The van der Waals surface area contributed by atoms with Crippen LogP contribution in [-0.2, 0) is 14.8 Å². The van der Waals surface area contributed by atoms with Crippen LogP contribution in [0.25, 0.3) is 0 Å². The van der Waals surface area contributed by atoms with Crippen molar-refractivity contribution in [3.63, 3.8) is 0 Å². The fraction of sp³-hybridized carbons (Fsp3) is 0.200. The minimum Gasteiger partial charge on any atom is -0.481 e. The number of carbonyl (C=O) groups is 2. The number of aliphatic carboxylic acids is 1. The molecule has 0 fully saturated rings. The van der Waals surface area contributed by atoms with Crippen molar-refractivity contribution < 1.29 is 28.0 Å². The maximum Gasteiger partial charge on any atom is 0.305 e. The Labute approximate surface area is 112 Å². The molecule has 1 amide bonds. The Hall–Kier alpha value is -2.49. The molecule has 1 aromatic carbocycles. The third kappa shape index (κ3) is 1.99. The largest absolute Gasteiger partial charge is 0.481 e. The average molecular weight is 300 g/mol. The SMILES string of the molecule is O=C(O)CCN1C(=O)c2c([N+](=O)[O-])cccc2S1(=O)=O. The summed E-state index contributed by atoms with van der Waals surface area (Å²) in [5, 5.41) is 19.4. The van der Waals surface area contributed by atoms with E-state index < -0.39 is 55.9 Å². The van der Waals surface area contributed by atoms with Crippen LogP contribution in [0.3, 0.4) is 0 Å². The number of nitro benzene ring substituents is 1. The van der Waals surface area contributed by atoms with Crippen LogP contribution < -0.4 is 0 Å². The molecule has 20 heavy (non-hydrogen) atoms. The van der Waals surface area contributed by atoms with Crippen molar-refractivity contribution in [3.05, 3.63) is 33.9 Å². The first kappa shape index (κ1) is 13.9. The zero-order valence-electron chi connectivity index (χ0n) is 9.85. The molecule has 1 aliphatic heterocycles. The summed E-state index contributed by atoms with van der Waals surface area (Å²) in [6.07, 6.45) is -0.577. The van der Waals surface area contributed by atoms with E-state index in [2.05, 4.69) is 0 Å². The van der Waals surface area contributed by atoms with E-state index in [1.54, 1.807) is 0 Å². The molecule has 0 saturated heterocycles. The number of rotatable bonds is 4. The van der Waals surface area contributed by atoms with Gasteiger partial charge in [-0.25, -0.2) is 12.7 Å². The highest BCUT2D eigenvalue weighted by Crippen LogP contribution is 2.35. The van der Waals surface area contributed by atoms with Gasteiger partial charge in [0.1, 0.15) is 10.5 Å². The van der Waals surface area contributed by atoms with Crippen molar-refractivity contribution in [2.75, 3.05) is 6.54 Å². The van der Waals surface area contributed by atoms with Crippen LogP contribution in [0.15, 0.2) is 23.1 Å². The number of carboxylic acid groups (broad SMARTS) is 1. The van der Waals surface area contributed by atoms with Gasteiger partial charge in [-0.05, 0) is 6.07 Å². The van der Waals surface area contributed by atoms with Gasteiger partial charge in [0.05, 0.1) is 11.3 Å². The van der Waals surface area contributed by atoms with Crippen LogP contribution in [0.2, 0.25) is 0 Å². The lowest BCUT2D eigenvalue weighted by Crippen LogP contribution is -2.32. The van der Waals surface area contributed by atoms with Crippen molar-refractivity contribution in [1.82, 2.24) is 4.31 Å². The number of carboxylic acids is 1. The van der Waals surface area contributed by atoms with Gasteiger partial charge in [0.2, 0.25) is 0 Å². The van der Waals surface area contributed by atoms with Crippen molar-refractivity contribution in [2.45, 2.75) is 11.3 Å². The number of hydrogen-bond donors (Lipinski definition) is 1. The van der Waals surface area contributed by atoms with Gasteiger partial charge in [-0.15, -0.1) is 0 Å². The van der Waals surface area contributed by atoms with E-state index in [0.717, 1.165) is 18.2 Å². The molecule has 0 unspecified atom stereocenters. The molecule has 2 rings (SSSR count). The van der Waals surface area contributed by atoms with Crippen molar-refractivity contribution in [3.8, 4) is 0 Å². The third-order valence-electron chi connectivity index (χ3n) is 2.74. The first-order chi connectivity index (χ1) is 9.26. The molecule has 0 aromatic heterocycles. The molecular formula is C10H8N2O7S. The molecule has 0 aliphatic carbocycles. The first-order valence-corrected chi connectivity index (χ1v) is 6.77. The number of amides is 1. The molecule has 1 heterocycles. The van der Waals surface area contributed by atoms with E-state index in [1.807, 2.05) is 0 Å². The summed E-state index contributed by atoms with van der Waals surface area (Å²) in [6.45, 7) is -0.567. The Balaban J connectivity index is 2.56. The summed E-state index contributed by atoms with van der Waals surface area (Å²) in [5.74, 6) is -2.35. The van der Waals surface area contributed by atoms with Gasteiger partial charge in [0.15, 0.2) is 0 Å². The molecule has 1 aliphatic rings. The van der Waals surface area contributed by atoms with Crippen LogP contribution in [-0.4, -0.2) is 41.2 Å². The van der Waals surface area contributed by atoms with E-state index in [-0.39, 0.29) is 0 Å². The highest BCUT2D eigenvalue weighted by molar-refractivity contribution is 7.90. The Bertz CT molecular complexity index is 725. The second kappa shape index (κ2) is 4.56. The number of benzene rings is 1. The van der Waals surface area contributed by atoms with Crippen LogP contribution in [0.4, 0.5) is 5.69 Å². The molecule has 10 heteroatoms. The first-order valence-electron chi connectivity index (χ1n) is 5.33. The lowest BCUT2D eigenvalue weighted by molar-refractivity contribution is -0.385. The quantitative estimate of drug-likeness (QED) is 0.620. The van der Waals surface area contributed by atoms with E-state index in [4.69, 9.17) is 5.11 Å². The van der Waals surface area contributed by atoms with Gasteiger partial charge < -0.3 is 5.11 Å². The van der Waals surface area contributed by atoms with Crippen LogP contribution >= 0.6 is 0 Å². The van der Waals surface area contributed by atoms with Crippen molar-refractivity contribution >= 4 is 27.6 Å². The summed E-state index contributed by atoms with van der Waals surface area (Å²) < 4.78 is 24.5. The standard InChI is InChI=1S/C10H8N2O7S/c13-8(14)4-5-11-10(15)9-6(12(16)17)2-1-3-7(9)20(11,18)19/h1-3H,4-5H2,(H,13,14). The summed E-state index contributed by atoms with van der Waals surface area (Å²) in [7, 11) is -4.23. The summed E-state index contributed by atoms with van der Waals surface area (Å²) in [6, 6.07) is 3.26. The van der Waals surface area contributed by atoms with Gasteiger partial charge in [0, 0.05) is 12.6 Å². The number of nitrogens with zero attached hydrogens (tertiary/aromatic N) is 2. The molecule has 0 bridgehead atoms. The Morgan fingerprint density at radius 2 is 2.05 bits per heavy atom. The number of sulfonamides is 1. The zero-order chi connectivity index (χ0) is 15.1. The Kier molecular flexibility index (Phi) is 3.18. The lowest BCUT2D eigenvalue weighted by Gasteiger charge is -2.12. The van der Waals surface area contributed by atoms with Crippen LogP contribution in [0, 0.1) is 10.1 Å². The van der Waals surface area contributed by atoms with Gasteiger partial charge in [-0.2, -0.15) is 0 Å². The van der Waals surface area contributed by atoms with Gasteiger partial charge in [-0.1, -0.05) is 6.07 Å². The monoisotopic (exact) mass is 300 g/mol. The van der Waals surface area contributed by atoms with Crippen molar-refractivity contribution in [2.24, 2.45) is 0 Å². The van der Waals surface area contributed by atoms with Crippen molar-refractivity contribution in [1.29, 1.82) is 0 Å². The third-order valence-corrected chi connectivity index (χ3v) is 4.56. The molecule has 0 saturated carbocycles. The Morgan fingerprint density at radius 1 is 1.40 bits per heavy atom. The number of hydrogen-bond acceptors (Lipinski definition) is 6. The van der Waals surface area contributed by atoms with E-state index in [0.29, 0.717) is 4.31 Å². The summed E-state index contributed by atoms with van der Waals surface area (Å²) in [5.41, 5.74) is -1.14. The minimum absolute atomic E-state index is 0.346. The van der Waals surface area contributed by atoms with E-state index in [1.165, 1.54) is 0 Å². The van der Waals surface area contributed by atoms with Gasteiger partial charge >= 0.3 is 5.97 Å². The van der Waals surface area contributed by atoms with Crippen LogP contribution in [0.1, 0.15) is 16.8 Å².